The van der Waals surface area contributed by atoms with Crippen LogP contribution in [0.5, 0.6) is 0 Å². The summed E-state index contributed by atoms with van der Waals surface area (Å²) < 4.78 is 51.6. The van der Waals surface area contributed by atoms with Crippen LogP contribution in [-0.2, 0) is 47.8 Å². The summed E-state index contributed by atoms with van der Waals surface area (Å²) in [5, 5.41) is 5.09. The number of halogens is 1. The van der Waals surface area contributed by atoms with Gasteiger partial charge in [0.25, 0.3) is 5.91 Å². The van der Waals surface area contributed by atoms with Gasteiger partial charge >= 0.3 is 28.4 Å². The SMILES string of the molecule is CCOC(=O)NS(=O)(=O)N1CC(N(Cc2ccc(F)cc2)C(=O)CN2C(=O)O[C@@]3(CCc4cc(NC(=O)NC)ccc43)C2=O)C1. The number of nitrogens with one attached hydrogen (secondary N) is 3. The molecular weight excluding hydrogens is 615 g/mol. The smallest absolute Gasteiger partial charge is 0.421 e. The maximum absolute atomic E-state index is 13.7. The van der Waals surface area contributed by atoms with Gasteiger partial charge in [-0.3, -0.25) is 9.59 Å². The van der Waals surface area contributed by atoms with Gasteiger partial charge in [0.15, 0.2) is 0 Å². The lowest BCUT2D eigenvalue weighted by atomic mass is 9.94. The molecule has 0 aromatic heterocycles. The van der Waals surface area contributed by atoms with Crippen molar-refractivity contribution in [2.24, 2.45) is 0 Å². The van der Waals surface area contributed by atoms with Crippen molar-refractivity contribution in [3.8, 4) is 0 Å². The molecule has 2 aliphatic heterocycles. The van der Waals surface area contributed by atoms with Crippen LogP contribution in [0.25, 0.3) is 0 Å². The number of amides is 6. The second-order valence-electron chi connectivity index (χ2n) is 10.6. The fraction of sp³-hybridized carbons (Fsp3) is 0.393. The van der Waals surface area contributed by atoms with E-state index in [1.165, 1.54) is 43.1 Å². The van der Waals surface area contributed by atoms with E-state index in [1.54, 1.807) is 22.9 Å². The normalized spacial score (nSPS) is 19.5. The van der Waals surface area contributed by atoms with Crippen molar-refractivity contribution >= 4 is 45.9 Å². The van der Waals surface area contributed by atoms with Gasteiger partial charge in [0, 0.05) is 44.4 Å². The molecule has 1 aliphatic carbocycles. The predicted molar refractivity (Wildman–Crippen MR) is 154 cm³/mol. The van der Waals surface area contributed by atoms with E-state index in [4.69, 9.17) is 4.74 Å². The number of ether oxygens (including phenoxy) is 2. The first-order chi connectivity index (χ1) is 21.4. The molecule has 2 aromatic carbocycles. The van der Waals surface area contributed by atoms with Crippen molar-refractivity contribution in [2.75, 3.05) is 38.6 Å². The lowest BCUT2D eigenvalue weighted by Gasteiger charge is -2.44. The maximum Gasteiger partial charge on any atom is 0.421 e. The van der Waals surface area contributed by atoms with Gasteiger partial charge < -0.3 is 25.0 Å². The first kappa shape index (κ1) is 31.6. The van der Waals surface area contributed by atoms with Crippen LogP contribution >= 0.6 is 0 Å². The summed E-state index contributed by atoms with van der Waals surface area (Å²) in [6.07, 6.45) is -1.63. The number of hydrogen-bond acceptors (Lipinski definition) is 9. The Morgan fingerprint density at radius 1 is 1.13 bits per heavy atom. The highest BCUT2D eigenvalue weighted by molar-refractivity contribution is 7.87. The Morgan fingerprint density at radius 2 is 1.84 bits per heavy atom. The minimum atomic E-state index is -4.25. The molecule has 6 amide bonds. The van der Waals surface area contributed by atoms with Crippen LogP contribution in [-0.4, -0.2) is 91.9 Å². The zero-order valence-corrected chi connectivity index (χ0v) is 25.2. The molecule has 5 rings (SSSR count). The lowest BCUT2D eigenvalue weighted by molar-refractivity contribution is -0.144. The van der Waals surface area contributed by atoms with Gasteiger partial charge in [-0.1, -0.05) is 18.2 Å². The molecule has 2 heterocycles. The number of carbonyl (C=O) groups excluding carboxylic acids is 5. The van der Waals surface area contributed by atoms with Crippen LogP contribution in [0.4, 0.5) is 24.5 Å². The first-order valence-electron chi connectivity index (χ1n) is 14.0. The third-order valence-corrected chi connectivity index (χ3v) is 9.22. The van der Waals surface area contributed by atoms with E-state index in [0.29, 0.717) is 28.8 Å². The third kappa shape index (κ3) is 6.26. The number of urea groups is 1. The second-order valence-corrected chi connectivity index (χ2v) is 12.3. The Hall–Kier alpha value is -4.77. The van der Waals surface area contributed by atoms with Gasteiger partial charge in [0.1, 0.15) is 12.4 Å². The van der Waals surface area contributed by atoms with Gasteiger partial charge in [0.05, 0.1) is 12.6 Å². The molecule has 240 valence electrons. The quantitative estimate of drug-likeness (QED) is 0.363. The molecule has 3 aliphatic rings. The summed E-state index contributed by atoms with van der Waals surface area (Å²) >= 11 is 0. The van der Waals surface area contributed by atoms with Crippen molar-refractivity contribution in [3.05, 3.63) is 65.0 Å². The van der Waals surface area contributed by atoms with Crippen molar-refractivity contribution in [3.63, 3.8) is 0 Å². The number of carbonyl (C=O) groups is 5. The van der Waals surface area contributed by atoms with Gasteiger partial charge in [-0.2, -0.15) is 12.7 Å². The number of imide groups is 1. The molecule has 2 saturated heterocycles. The Kier molecular flexibility index (Phi) is 8.66. The zero-order chi connectivity index (χ0) is 32.5. The Labute approximate surface area is 257 Å². The summed E-state index contributed by atoms with van der Waals surface area (Å²) in [5.74, 6) is -1.89. The average molecular weight is 647 g/mol. The molecule has 0 bridgehead atoms. The van der Waals surface area contributed by atoms with Crippen LogP contribution < -0.4 is 15.4 Å². The van der Waals surface area contributed by atoms with Crippen LogP contribution in [0, 0.1) is 5.82 Å². The summed E-state index contributed by atoms with van der Waals surface area (Å²) in [5.41, 5.74) is 0.534. The van der Waals surface area contributed by atoms with E-state index in [1.807, 2.05) is 0 Å². The van der Waals surface area contributed by atoms with E-state index < -0.39 is 64.2 Å². The molecule has 45 heavy (non-hydrogen) atoms. The number of benzene rings is 2. The molecule has 0 radical (unpaired) electrons. The largest absolute Gasteiger partial charge is 0.449 e. The van der Waals surface area contributed by atoms with Gasteiger partial charge in [-0.05, 0) is 48.7 Å². The zero-order valence-electron chi connectivity index (χ0n) is 24.4. The van der Waals surface area contributed by atoms with E-state index in [2.05, 4.69) is 15.4 Å². The topological polar surface area (TPSA) is 184 Å². The predicted octanol–water partition coefficient (Wildman–Crippen LogP) is 1.40. The summed E-state index contributed by atoms with van der Waals surface area (Å²) in [6.45, 7) is 0.339. The van der Waals surface area contributed by atoms with Gasteiger partial charge in [-0.15, -0.1) is 0 Å². The maximum atomic E-state index is 13.7. The lowest BCUT2D eigenvalue weighted by Crippen LogP contribution is -2.65. The molecule has 2 fully saturated rings. The minimum absolute atomic E-state index is 0.0373. The minimum Gasteiger partial charge on any atom is -0.449 e. The van der Waals surface area contributed by atoms with E-state index >= 15 is 0 Å². The molecule has 1 atom stereocenters. The third-order valence-electron chi connectivity index (χ3n) is 7.82. The summed E-state index contributed by atoms with van der Waals surface area (Å²) in [7, 11) is -2.79. The highest BCUT2D eigenvalue weighted by atomic mass is 32.2. The molecule has 3 N–H and O–H groups in total. The average Bonchev–Trinajstić information content (AvgIpc) is 3.43. The fourth-order valence-electron chi connectivity index (χ4n) is 5.50. The number of hydrogen-bond donors (Lipinski definition) is 3. The fourth-order valence-corrected chi connectivity index (χ4v) is 6.63. The highest BCUT2D eigenvalue weighted by Gasteiger charge is 2.58. The van der Waals surface area contributed by atoms with E-state index in [0.717, 1.165) is 9.21 Å². The van der Waals surface area contributed by atoms with Crippen LogP contribution in [0.2, 0.25) is 0 Å². The van der Waals surface area contributed by atoms with E-state index in [-0.39, 0.29) is 32.7 Å². The number of aryl methyl sites for hydroxylation is 1. The van der Waals surface area contributed by atoms with E-state index in [9.17, 15) is 36.8 Å². The first-order valence-corrected chi connectivity index (χ1v) is 15.5. The van der Waals surface area contributed by atoms with Crippen molar-refractivity contribution in [2.45, 2.75) is 38.0 Å². The van der Waals surface area contributed by atoms with Gasteiger partial charge in [0.2, 0.25) is 11.5 Å². The molecule has 0 saturated carbocycles. The number of anilines is 1. The van der Waals surface area contributed by atoms with Crippen LogP contribution in [0.1, 0.15) is 30.0 Å². The Morgan fingerprint density at radius 3 is 2.51 bits per heavy atom. The van der Waals surface area contributed by atoms with Crippen molar-refractivity contribution in [1.82, 2.24) is 24.1 Å². The Balaban J connectivity index is 1.32. The van der Waals surface area contributed by atoms with Crippen LogP contribution in [0.15, 0.2) is 42.5 Å². The van der Waals surface area contributed by atoms with Crippen molar-refractivity contribution < 1.29 is 46.3 Å². The van der Waals surface area contributed by atoms with Crippen molar-refractivity contribution in [1.29, 1.82) is 0 Å². The van der Waals surface area contributed by atoms with Crippen LogP contribution in [0.3, 0.4) is 0 Å². The molecule has 15 nitrogen and oxygen atoms in total. The molecule has 0 unspecified atom stereocenters. The number of fused-ring (bicyclic) bond motifs is 2. The van der Waals surface area contributed by atoms with Gasteiger partial charge in [-0.25, -0.2) is 28.4 Å². The highest BCUT2D eigenvalue weighted by Crippen LogP contribution is 2.46. The summed E-state index contributed by atoms with van der Waals surface area (Å²) in [6, 6.07) is 9.06. The number of rotatable bonds is 9. The molecule has 2 aromatic rings. The number of nitrogens with zero attached hydrogens (tertiary/aromatic N) is 3. The molecular formula is C28H31FN6O9S. The standard InChI is InChI=1S/C28H31FN6O9S/c1-3-43-26(39)32-45(41,42)33-14-21(15-33)34(13-17-4-6-19(29)7-5-17)23(36)16-35-24(37)28(44-27(35)40)11-10-18-12-20(8-9-22(18)28)31-25(38)30-2/h4-9,12,21H,3,10-11,13-16H2,1-2H3,(H,32,39)(H2,30,31,38)/t28-/m1/s1. The molecule has 17 heteroatoms. The monoisotopic (exact) mass is 646 g/mol. The second kappa shape index (κ2) is 12.3. The Bertz CT molecular complexity index is 1650. The summed E-state index contributed by atoms with van der Waals surface area (Å²) in [4.78, 5) is 65.8. The molecule has 1 spiro atoms.